The van der Waals surface area contributed by atoms with Gasteiger partial charge in [0.2, 0.25) is 0 Å². The third-order valence-corrected chi connectivity index (χ3v) is 8.17. The van der Waals surface area contributed by atoms with Crippen LogP contribution < -0.4 is 0 Å². The average molecular weight is 487 g/mol. The van der Waals surface area contributed by atoms with E-state index in [-0.39, 0.29) is 39.4 Å². The SMILES string of the molecule is Cc1ccc(S(=O)(=O)C[C@@]2(C)CC(=O)c3ccc(F)cc3/C2=C(\F)c2ccc(Cl)cc2)cc1. The maximum atomic E-state index is 16.0. The summed E-state index contributed by atoms with van der Waals surface area (Å²) in [7, 11) is -3.89. The molecule has 0 saturated carbocycles. The number of carbonyl (C=O) groups is 1. The van der Waals surface area contributed by atoms with Crippen LogP contribution in [0.1, 0.15) is 40.4 Å². The quantitative estimate of drug-likeness (QED) is 0.412. The second kappa shape index (κ2) is 8.50. The molecule has 0 saturated heterocycles. The lowest BCUT2D eigenvalue weighted by molar-refractivity contribution is 0.0946. The highest BCUT2D eigenvalue weighted by molar-refractivity contribution is 7.91. The molecular formula is C26H21ClF2O3S. The fourth-order valence-corrected chi connectivity index (χ4v) is 6.25. The van der Waals surface area contributed by atoms with Crippen LogP contribution in [0.2, 0.25) is 5.02 Å². The summed E-state index contributed by atoms with van der Waals surface area (Å²) < 4.78 is 56.8. The number of halogens is 3. The predicted molar refractivity (Wildman–Crippen MR) is 126 cm³/mol. The smallest absolute Gasteiger partial charge is 0.179 e. The molecule has 7 heteroatoms. The Kier molecular flexibility index (Phi) is 6.01. The van der Waals surface area contributed by atoms with E-state index in [1.807, 2.05) is 6.92 Å². The second-order valence-electron chi connectivity index (χ2n) is 8.62. The third-order valence-electron chi connectivity index (χ3n) is 5.91. The first-order chi connectivity index (χ1) is 15.5. The Morgan fingerprint density at radius 2 is 1.64 bits per heavy atom. The Bertz CT molecular complexity index is 1380. The molecule has 33 heavy (non-hydrogen) atoms. The van der Waals surface area contributed by atoms with E-state index in [2.05, 4.69) is 0 Å². The molecule has 0 unspecified atom stereocenters. The number of hydrogen-bond acceptors (Lipinski definition) is 3. The molecule has 3 nitrogen and oxygen atoms in total. The zero-order valence-corrected chi connectivity index (χ0v) is 19.6. The Balaban J connectivity index is 1.93. The molecule has 0 spiro atoms. The molecule has 170 valence electrons. The van der Waals surface area contributed by atoms with Gasteiger partial charge in [-0.05, 0) is 55.0 Å². The maximum Gasteiger partial charge on any atom is 0.179 e. The number of Topliss-reactive ketones (excluding diaryl/α,β-unsaturated/α-hetero) is 1. The molecule has 1 atom stereocenters. The van der Waals surface area contributed by atoms with E-state index in [0.717, 1.165) is 17.7 Å². The number of carbonyl (C=O) groups excluding carboxylic acids is 1. The average Bonchev–Trinajstić information content (AvgIpc) is 2.73. The summed E-state index contributed by atoms with van der Waals surface area (Å²) in [4.78, 5) is 13.0. The summed E-state index contributed by atoms with van der Waals surface area (Å²) >= 11 is 5.93. The van der Waals surface area contributed by atoms with Crippen LogP contribution in [0.4, 0.5) is 8.78 Å². The van der Waals surface area contributed by atoms with Crippen LogP contribution in [-0.4, -0.2) is 20.0 Å². The van der Waals surface area contributed by atoms with Gasteiger partial charge in [-0.3, -0.25) is 4.79 Å². The van der Waals surface area contributed by atoms with Crippen molar-refractivity contribution in [2.75, 3.05) is 5.75 Å². The Labute approximate surface area is 196 Å². The molecule has 4 rings (SSSR count). The molecular weight excluding hydrogens is 466 g/mol. The summed E-state index contributed by atoms with van der Waals surface area (Å²) in [5.74, 6) is -2.23. The zero-order valence-electron chi connectivity index (χ0n) is 18.0. The van der Waals surface area contributed by atoms with Crippen molar-refractivity contribution in [3.05, 3.63) is 99.8 Å². The number of aryl methyl sites for hydroxylation is 1. The number of hydrogen-bond donors (Lipinski definition) is 0. The van der Waals surface area contributed by atoms with E-state index in [1.54, 1.807) is 12.1 Å². The summed E-state index contributed by atoms with van der Waals surface area (Å²) in [6, 6.07) is 15.8. The van der Waals surface area contributed by atoms with Gasteiger partial charge in [0, 0.05) is 33.6 Å². The molecule has 0 aliphatic heterocycles. The van der Waals surface area contributed by atoms with Crippen LogP contribution in [0.5, 0.6) is 0 Å². The van der Waals surface area contributed by atoms with E-state index in [4.69, 9.17) is 11.6 Å². The van der Waals surface area contributed by atoms with E-state index in [9.17, 15) is 17.6 Å². The fourth-order valence-electron chi connectivity index (χ4n) is 4.32. The molecule has 0 aromatic heterocycles. The van der Waals surface area contributed by atoms with Gasteiger partial charge in [0.05, 0.1) is 10.6 Å². The van der Waals surface area contributed by atoms with E-state index < -0.39 is 32.6 Å². The number of benzene rings is 3. The standard InChI is InChI=1S/C26H21ClF2O3S/c1-16-3-10-20(11-4-16)33(31,32)15-26(2)14-23(30)21-12-9-19(28)13-22(21)24(26)25(29)17-5-7-18(27)8-6-17/h3-13H,14-15H2,1-2H3/b25-24+/t26-/m1/s1. The van der Waals surface area contributed by atoms with E-state index >= 15 is 4.39 Å². The van der Waals surface area contributed by atoms with Crippen LogP contribution in [-0.2, 0) is 9.84 Å². The Morgan fingerprint density at radius 3 is 2.27 bits per heavy atom. The van der Waals surface area contributed by atoms with Gasteiger partial charge in [0.15, 0.2) is 15.6 Å². The molecule has 3 aromatic rings. The Hall–Kier alpha value is -2.83. The van der Waals surface area contributed by atoms with Gasteiger partial charge < -0.3 is 0 Å². The van der Waals surface area contributed by atoms with Crippen molar-refractivity contribution >= 4 is 38.6 Å². The number of allylic oxidation sites excluding steroid dienone is 1. The van der Waals surface area contributed by atoms with Crippen molar-refractivity contribution in [2.45, 2.75) is 25.2 Å². The van der Waals surface area contributed by atoms with Gasteiger partial charge in [0.25, 0.3) is 0 Å². The fraction of sp³-hybridized carbons (Fsp3) is 0.192. The largest absolute Gasteiger partial charge is 0.294 e. The highest BCUT2D eigenvalue weighted by Crippen LogP contribution is 2.50. The van der Waals surface area contributed by atoms with Gasteiger partial charge in [-0.15, -0.1) is 0 Å². The minimum absolute atomic E-state index is 0.00499. The molecule has 0 amide bonds. The number of rotatable bonds is 4. The van der Waals surface area contributed by atoms with Gasteiger partial charge in [-0.25, -0.2) is 17.2 Å². The molecule has 3 aromatic carbocycles. The van der Waals surface area contributed by atoms with Crippen LogP contribution >= 0.6 is 11.6 Å². The second-order valence-corrected chi connectivity index (χ2v) is 11.0. The summed E-state index contributed by atoms with van der Waals surface area (Å²) in [5.41, 5.74) is -0.133. The first-order valence-electron chi connectivity index (χ1n) is 10.3. The summed E-state index contributed by atoms with van der Waals surface area (Å²) in [6.07, 6.45) is -0.229. The van der Waals surface area contributed by atoms with Crippen LogP contribution in [0.15, 0.2) is 71.6 Å². The normalized spacial score (nSPS) is 19.8. The number of sulfone groups is 1. The van der Waals surface area contributed by atoms with E-state index in [0.29, 0.717) is 5.02 Å². The van der Waals surface area contributed by atoms with Crippen molar-refractivity contribution in [2.24, 2.45) is 5.41 Å². The van der Waals surface area contributed by atoms with Crippen molar-refractivity contribution in [1.82, 2.24) is 0 Å². The van der Waals surface area contributed by atoms with Gasteiger partial charge in [0.1, 0.15) is 11.6 Å². The molecule has 1 aliphatic carbocycles. The van der Waals surface area contributed by atoms with Crippen molar-refractivity contribution < 1.29 is 22.0 Å². The first kappa shape index (κ1) is 23.3. The first-order valence-corrected chi connectivity index (χ1v) is 12.3. The lowest BCUT2D eigenvalue weighted by atomic mass is 9.68. The topological polar surface area (TPSA) is 51.2 Å². The van der Waals surface area contributed by atoms with Crippen molar-refractivity contribution in [1.29, 1.82) is 0 Å². The molecule has 0 bridgehead atoms. The van der Waals surface area contributed by atoms with Crippen LogP contribution in [0, 0.1) is 18.2 Å². The summed E-state index contributed by atoms with van der Waals surface area (Å²) in [6.45, 7) is 3.38. The molecule has 0 fully saturated rings. The van der Waals surface area contributed by atoms with Crippen molar-refractivity contribution in [3.63, 3.8) is 0 Å². The zero-order chi connectivity index (χ0) is 24.0. The molecule has 1 aliphatic rings. The van der Waals surface area contributed by atoms with Gasteiger partial charge in [-0.2, -0.15) is 0 Å². The Morgan fingerprint density at radius 1 is 1.00 bits per heavy atom. The van der Waals surface area contributed by atoms with E-state index in [1.165, 1.54) is 49.4 Å². The van der Waals surface area contributed by atoms with Crippen LogP contribution in [0.3, 0.4) is 0 Å². The number of ketones is 1. The monoisotopic (exact) mass is 486 g/mol. The van der Waals surface area contributed by atoms with Gasteiger partial charge >= 0.3 is 0 Å². The summed E-state index contributed by atoms with van der Waals surface area (Å²) in [5, 5.41) is 0.409. The molecule has 0 N–H and O–H groups in total. The van der Waals surface area contributed by atoms with Crippen molar-refractivity contribution in [3.8, 4) is 0 Å². The maximum absolute atomic E-state index is 16.0. The van der Waals surface area contributed by atoms with Crippen LogP contribution in [0.25, 0.3) is 11.4 Å². The molecule has 0 radical (unpaired) electrons. The van der Waals surface area contributed by atoms with Gasteiger partial charge in [-0.1, -0.05) is 48.4 Å². The highest BCUT2D eigenvalue weighted by Gasteiger charge is 2.44. The number of fused-ring (bicyclic) bond motifs is 1. The lowest BCUT2D eigenvalue weighted by Gasteiger charge is -2.37. The predicted octanol–water partition coefficient (Wildman–Crippen LogP) is 6.69. The molecule has 0 heterocycles. The minimum atomic E-state index is -3.89. The highest BCUT2D eigenvalue weighted by atomic mass is 35.5. The lowest BCUT2D eigenvalue weighted by Crippen LogP contribution is -2.35. The third kappa shape index (κ3) is 4.50. The minimum Gasteiger partial charge on any atom is -0.294 e.